The molecule has 0 aromatic heterocycles. The van der Waals surface area contributed by atoms with E-state index in [1.54, 1.807) is 0 Å². The smallest absolute Gasteiger partial charge is 0.306 e. The van der Waals surface area contributed by atoms with Gasteiger partial charge in [0.05, 0.1) is 6.61 Å². The topological polar surface area (TPSA) is 61.8 Å². The van der Waals surface area contributed by atoms with E-state index in [1.807, 2.05) is 0 Å². The number of rotatable bonds is 53. The zero-order chi connectivity index (χ0) is 49.2. The minimum absolute atomic E-state index is 0.0697. The predicted molar refractivity (Wildman–Crippen MR) is 297 cm³/mol. The highest BCUT2D eigenvalue weighted by molar-refractivity contribution is 5.70. The maximum atomic E-state index is 12.9. The molecule has 0 aliphatic rings. The number of esters is 2. The lowest BCUT2D eigenvalue weighted by atomic mass is 10.1. The van der Waals surface area contributed by atoms with Gasteiger partial charge in [0.2, 0.25) is 0 Å². The van der Waals surface area contributed by atoms with Gasteiger partial charge in [-0.05, 0) is 116 Å². The summed E-state index contributed by atoms with van der Waals surface area (Å²) in [6.07, 6.45) is 77.4. The second-order valence-electron chi connectivity index (χ2n) is 19.2. The highest BCUT2D eigenvalue weighted by Gasteiger charge is 2.17. The number of carbonyl (C=O) groups is 2. The summed E-state index contributed by atoms with van der Waals surface area (Å²) in [7, 11) is 0. The van der Waals surface area contributed by atoms with E-state index < -0.39 is 6.10 Å². The average molecular weight is 948 g/mol. The second kappa shape index (κ2) is 58.4. The molecular weight excluding hydrogens is 837 g/mol. The number of unbranched alkanes of at least 4 members (excludes halogenated alkanes) is 28. The SMILES string of the molecule is CC/C=C\C/C=C\C/C=C\C/C=C\CCCCCCCCC(=O)OCC(COCCCCCCCCCC/C=C\C/C=C\CCCCC)OC(=O)CCCCCCC/C=C\CCCCCCCC. The van der Waals surface area contributed by atoms with Gasteiger partial charge in [0.25, 0.3) is 0 Å². The van der Waals surface area contributed by atoms with Gasteiger partial charge in [-0.15, -0.1) is 0 Å². The highest BCUT2D eigenvalue weighted by atomic mass is 16.6. The van der Waals surface area contributed by atoms with E-state index in [0.717, 1.165) is 96.3 Å². The lowest BCUT2D eigenvalue weighted by molar-refractivity contribution is -0.163. The van der Waals surface area contributed by atoms with Crippen molar-refractivity contribution in [2.75, 3.05) is 19.8 Å². The van der Waals surface area contributed by atoms with Crippen LogP contribution >= 0.6 is 0 Å². The van der Waals surface area contributed by atoms with Gasteiger partial charge in [-0.2, -0.15) is 0 Å². The average Bonchev–Trinajstić information content (AvgIpc) is 3.34. The molecule has 0 aromatic carbocycles. The third-order valence-electron chi connectivity index (χ3n) is 12.4. The minimum Gasteiger partial charge on any atom is -0.462 e. The first kappa shape index (κ1) is 65.1. The zero-order valence-corrected chi connectivity index (χ0v) is 45.1. The molecule has 0 aliphatic carbocycles. The molecule has 0 aromatic rings. The van der Waals surface area contributed by atoms with Crippen molar-refractivity contribution in [1.82, 2.24) is 0 Å². The van der Waals surface area contributed by atoms with Gasteiger partial charge in [-0.25, -0.2) is 0 Å². The summed E-state index contributed by atoms with van der Waals surface area (Å²) in [5, 5.41) is 0. The molecule has 0 aliphatic heterocycles. The van der Waals surface area contributed by atoms with Crippen molar-refractivity contribution in [2.24, 2.45) is 0 Å². The van der Waals surface area contributed by atoms with E-state index in [0.29, 0.717) is 19.4 Å². The Balaban J connectivity index is 4.32. The minimum atomic E-state index is -0.554. The van der Waals surface area contributed by atoms with Gasteiger partial charge in [-0.3, -0.25) is 9.59 Å². The highest BCUT2D eigenvalue weighted by Crippen LogP contribution is 2.14. The molecule has 0 spiro atoms. The van der Waals surface area contributed by atoms with E-state index in [9.17, 15) is 9.59 Å². The molecule has 0 radical (unpaired) electrons. The normalized spacial score (nSPS) is 12.8. The van der Waals surface area contributed by atoms with Crippen LogP contribution in [-0.2, 0) is 23.8 Å². The molecular formula is C63H110O5. The third-order valence-corrected chi connectivity index (χ3v) is 12.4. The number of ether oxygens (including phenoxy) is 3. The Hall–Kier alpha value is -2.92. The summed E-state index contributed by atoms with van der Waals surface area (Å²) < 4.78 is 17.5. The Kier molecular flexibility index (Phi) is 55.9. The Bertz CT molecular complexity index is 1250. The molecule has 1 unspecified atom stereocenters. The summed E-state index contributed by atoms with van der Waals surface area (Å²) in [6, 6.07) is 0. The van der Waals surface area contributed by atoms with Gasteiger partial charge in [0.15, 0.2) is 6.10 Å². The summed E-state index contributed by atoms with van der Waals surface area (Å²) >= 11 is 0. The van der Waals surface area contributed by atoms with Crippen LogP contribution in [0.4, 0.5) is 0 Å². The van der Waals surface area contributed by atoms with E-state index in [-0.39, 0.29) is 25.2 Å². The van der Waals surface area contributed by atoms with Crippen LogP contribution in [0, 0.1) is 0 Å². The quantitative estimate of drug-likeness (QED) is 0.0345. The lowest BCUT2D eigenvalue weighted by Gasteiger charge is -2.18. The summed E-state index contributed by atoms with van der Waals surface area (Å²) in [6.45, 7) is 7.67. The molecule has 0 amide bonds. The maximum Gasteiger partial charge on any atom is 0.306 e. The fourth-order valence-corrected chi connectivity index (χ4v) is 8.06. The van der Waals surface area contributed by atoms with Crippen molar-refractivity contribution < 1.29 is 23.8 Å². The molecule has 5 nitrogen and oxygen atoms in total. The van der Waals surface area contributed by atoms with Crippen LogP contribution in [0.15, 0.2) is 85.1 Å². The van der Waals surface area contributed by atoms with Crippen molar-refractivity contribution in [3.63, 3.8) is 0 Å². The number of allylic oxidation sites excluding steroid dienone is 14. The Morgan fingerprint density at radius 3 is 1.10 bits per heavy atom. The lowest BCUT2D eigenvalue weighted by Crippen LogP contribution is -2.30. The molecule has 0 fully saturated rings. The van der Waals surface area contributed by atoms with Gasteiger partial charge >= 0.3 is 11.9 Å². The fourth-order valence-electron chi connectivity index (χ4n) is 8.06. The summed E-state index contributed by atoms with van der Waals surface area (Å²) in [5.74, 6) is -0.421. The first-order chi connectivity index (χ1) is 33.6. The van der Waals surface area contributed by atoms with E-state index in [4.69, 9.17) is 14.2 Å². The van der Waals surface area contributed by atoms with Gasteiger partial charge < -0.3 is 14.2 Å². The monoisotopic (exact) mass is 947 g/mol. The standard InChI is InChI=1S/C63H110O5/c1-4-7-10-13-16-19-22-25-28-30-32-33-36-38-41-44-47-50-53-56-62(64)67-60-61(68-63(65)57-54-51-48-45-42-39-35-27-24-21-18-15-12-9-6-3)59-66-58-55-52-49-46-43-40-37-34-31-29-26-23-20-17-14-11-8-5-2/h7,10,16-17,19-20,25-29,32-33,35,61H,4-6,8-9,11-15,18,21-24,30-31,34,36-60H2,1-3H3/b10-7-,19-16-,20-17-,28-25-,29-26-,33-32-,35-27-. The molecule has 5 heteroatoms. The Labute approximate surface area is 422 Å². The molecule has 0 N–H and O–H groups in total. The van der Waals surface area contributed by atoms with Crippen LogP contribution in [0.5, 0.6) is 0 Å². The second-order valence-corrected chi connectivity index (χ2v) is 19.2. The van der Waals surface area contributed by atoms with E-state index in [1.165, 1.54) is 148 Å². The molecule has 1 atom stereocenters. The molecule has 68 heavy (non-hydrogen) atoms. The van der Waals surface area contributed by atoms with Crippen molar-refractivity contribution in [1.29, 1.82) is 0 Å². The molecule has 0 rings (SSSR count). The van der Waals surface area contributed by atoms with Crippen LogP contribution < -0.4 is 0 Å². The number of carbonyl (C=O) groups excluding carboxylic acids is 2. The molecule has 0 saturated carbocycles. The maximum absolute atomic E-state index is 12.9. The van der Waals surface area contributed by atoms with Crippen LogP contribution in [-0.4, -0.2) is 37.9 Å². The molecule has 0 bridgehead atoms. The van der Waals surface area contributed by atoms with Crippen LogP contribution in [0.25, 0.3) is 0 Å². The zero-order valence-electron chi connectivity index (χ0n) is 45.1. The number of hydrogen-bond donors (Lipinski definition) is 0. The third kappa shape index (κ3) is 55.7. The van der Waals surface area contributed by atoms with Gasteiger partial charge in [0, 0.05) is 19.4 Å². The van der Waals surface area contributed by atoms with Crippen molar-refractivity contribution in [3.05, 3.63) is 85.1 Å². The number of hydrogen-bond acceptors (Lipinski definition) is 5. The first-order valence-corrected chi connectivity index (χ1v) is 29.1. The molecule has 0 saturated heterocycles. The van der Waals surface area contributed by atoms with Crippen LogP contribution in [0.3, 0.4) is 0 Å². The van der Waals surface area contributed by atoms with Gasteiger partial charge in [-0.1, -0.05) is 234 Å². The van der Waals surface area contributed by atoms with Crippen molar-refractivity contribution >= 4 is 11.9 Å². The largest absolute Gasteiger partial charge is 0.462 e. The summed E-state index contributed by atoms with van der Waals surface area (Å²) in [4.78, 5) is 25.5. The van der Waals surface area contributed by atoms with Crippen LogP contribution in [0.2, 0.25) is 0 Å². The van der Waals surface area contributed by atoms with E-state index >= 15 is 0 Å². The van der Waals surface area contributed by atoms with Crippen LogP contribution in [0.1, 0.15) is 278 Å². The summed E-state index contributed by atoms with van der Waals surface area (Å²) in [5.41, 5.74) is 0. The van der Waals surface area contributed by atoms with E-state index in [2.05, 4.69) is 106 Å². The first-order valence-electron chi connectivity index (χ1n) is 29.1. The molecule has 392 valence electrons. The Morgan fingerprint density at radius 1 is 0.338 bits per heavy atom. The Morgan fingerprint density at radius 2 is 0.662 bits per heavy atom. The van der Waals surface area contributed by atoms with Crippen molar-refractivity contribution in [3.8, 4) is 0 Å². The van der Waals surface area contributed by atoms with Gasteiger partial charge in [0.1, 0.15) is 6.61 Å². The van der Waals surface area contributed by atoms with Crippen molar-refractivity contribution in [2.45, 2.75) is 284 Å². The predicted octanol–water partition coefficient (Wildman–Crippen LogP) is 20.0. The molecule has 0 heterocycles. The fraction of sp³-hybridized carbons (Fsp3) is 0.746.